The molecule has 0 aromatic heterocycles. The van der Waals surface area contributed by atoms with Gasteiger partial charge in [0.1, 0.15) is 0 Å². The summed E-state index contributed by atoms with van der Waals surface area (Å²) < 4.78 is 0. The number of hydrogen-bond acceptors (Lipinski definition) is 1. The molecule has 0 saturated heterocycles. The maximum absolute atomic E-state index is 12.5. The van der Waals surface area contributed by atoms with Gasteiger partial charge < -0.3 is 5.32 Å². The molecule has 0 bridgehead atoms. The predicted octanol–water partition coefficient (Wildman–Crippen LogP) is 4.86. The molecule has 110 valence electrons. The Morgan fingerprint density at radius 2 is 1.62 bits per heavy atom. The van der Waals surface area contributed by atoms with E-state index < -0.39 is 0 Å². The predicted molar refractivity (Wildman–Crippen MR) is 88.8 cm³/mol. The van der Waals surface area contributed by atoms with Crippen LogP contribution in [0.25, 0.3) is 0 Å². The summed E-state index contributed by atoms with van der Waals surface area (Å²) in [7, 11) is 0. The maximum Gasteiger partial charge on any atom is 0.231 e. The lowest BCUT2D eigenvalue weighted by atomic mass is 9.96. The van der Waals surface area contributed by atoms with Crippen LogP contribution in [0.1, 0.15) is 49.3 Å². The van der Waals surface area contributed by atoms with Crippen molar-refractivity contribution < 1.29 is 4.79 Å². The molecule has 2 rings (SSSR count). The van der Waals surface area contributed by atoms with Crippen molar-refractivity contribution in [3.63, 3.8) is 0 Å². The van der Waals surface area contributed by atoms with Crippen LogP contribution in [0.15, 0.2) is 48.5 Å². The van der Waals surface area contributed by atoms with Crippen LogP contribution >= 0.6 is 0 Å². The molecule has 1 N–H and O–H groups in total. The van der Waals surface area contributed by atoms with Crippen molar-refractivity contribution in [3.05, 3.63) is 65.2 Å². The molecule has 0 spiro atoms. The van der Waals surface area contributed by atoms with E-state index in [4.69, 9.17) is 0 Å². The first-order chi connectivity index (χ1) is 10.0. The molecule has 0 fully saturated rings. The number of amides is 1. The van der Waals surface area contributed by atoms with E-state index in [0.717, 1.165) is 16.8 Å². The number of benzene rings is 2. The van der Waals surface area contributed by atoms with E-state index in [1.165, 1.54) is 5.56 Å². The highest BCUT2D eigenvalue weighted by Gasteiger charge is 2.18. The second-order valence-electron chi connectivity index (χ2n) is 5.82. The van der Waals surface area contributed by atoms with Crippen molar-refractivity contribution in [1.82, 2.24) is 0 Å². The molecule has 0 radical (unpaired) electrons. The van der Waals surface area contributed by atoms with Gasteiger partial charge in [0.25, 0.3) is 0 Å². The fourth-order valence-corrected chi connectivity index (χ4v) is 2.47. The van der Waals surface area contributed by atoms with Gasteiger partial charge in [0, 0.05) is 5.69 Å². The maximum atomic E-state index is 12.5. The average Bonchev–Trinajstić information content (AvgIpc) is 2.49. The fourth-order valence-electron chi connectivity index (χ4n) is 2.47. The van der Waals surface area contributed by atoms with E-state index in [1.807, 2.05) is 56.3 Å². The number of carbonyl (C=O) groups is 1. The zero-order valence-corrected chi connectivity index (χ0v) is 13.2. The minimum absolute atomic E-state index is 0.0393. The van der Waals surface area contributed by atoms with Gasteiger partial charge in [0.05, 0.1) is 5.92 Å². The van der Waals surface area contributed by atoms with Crippen molar-refractivity contribution >= 4 is 11.6 Å². The summed E-state index contributed by atoms with van der Waals surface area (Å²) in [5.41, 5.74) is 4.29. The number of hydrogen-bond donors (Lipinski definition) is 1. The molecule has 0 saturated carbocycles. The number of aryl methyl sites for hydroxylation is 1. The van der Waals surface area contributed by atoms with Gasteiger partial charge >= 0.3 is 0 Å². The molecule has 0 aliphatic rings. The Bertz CT molecular complexity index is 617. The van der Waals surface area contributed by atoms with Crippen LogP contribution in [0.5, 0.6) is 0 Å². The normalized spacial score (nSPS) is 12.2. The summed E-state index contributed by atoms with van der Waals surface area (Å²) in [4.78, 5) is 12.5. The van der Waals surface area contributed by atoms with Crippen molar-refractivity contribution in [1.29, 1.82) is 0 Å². The first-order valence-corrected chi connectivity index (χ1v) is 7.46. The van der Waals surface area contributed by atoms with Crippen LogP contribution in [0, 0.1) is 6.92 Å². The van der Waals surface area contributed by atoms with Crippen LogP contribution in [-0.2, 0) is 4.79 Å². The van der Waals surface area contributed by atoms with Crippen LogP contribution in [-0.4, -0.2) is 5.91 Å². The first kappa shape index (κ1) is 15.3. The van der Waals surface area contributed by atoms with Gasteiger partial charge in [0.15, 0.2) is 0 Å². The molecule has 1 atom stereocenters. The Hall–Kier alpha value is -2.09. The molecule has 1 amide bonds. The second-order valence-corrected chi connectivity index (χ2v) is 5.82. The van der Waals surface area contributed by atoms with Crippen molar-refractivity contribution in [2.75, 3.05) is 5.32 Å². The monoisotopic (exact) mass is 281 g/mol. The molecule has 21 heavy (non-hydrogen) atoms. The van der Waals surface area contributed by atoms with Crippen molar-refractivity contribution in [3.8, 4) is 0 Å². The van der Waals surface area contributed by atoms with Crippen LogP contribution in [0.3, 0.4) is 0 Å². The third kappa shape index (κ3) is 3.52. The lowest BCUT2D eigenvalue weighted by Gasteiger charge is -2.19. The molecular formula is C19H23NO. The van der Waals surface area contributed by atoms with Crippen LogP contribution in [0.4, 0.5) is 5.69 Å². The van der Waals surface area contributed by atoms with Crippen molar-refractivity contribution in [2.24, 2.45) is 0 Å². The molecule has 0 aliphatic heterocycles. The van der Waals surface area contributed by atoms with E-state index in [9.17, 15) is 4.79 Å². The first-order valence-electron chi connectivity index (χ1n) is 7.46. The van der Waals surface area contributed by atoms with E-state index >= 15 is 0 Å². The smallest absolute Gasteiger partial charge is 0.231 e. The molecule has 2 nitrogen and oxygen atoms in total. The summed E-state index contributed by atoms with van der Waals surface area (Å²) >= 11 is 0. The molecule has 2 heteroatoms. The minimum atomic E-state index is -0.161. The minimum Gasteiger partial charge on any atom is -0.325 e. The summed E-state index contributed by atoms with van der Waals surface area (Å²) in [6, 6.07) is 16.0. The molecular weight excluding hydrogens is 258 g/mol. The third-order valence-electron chi connectivity index (χ3n) is 3.87. The molecule has 2 aromatic rings. The van der Waals surface area contributed by atoms with E-state index in [1.54, 1.807) is 0 Å². The number of nitrogens with one attached hydrogen (secondary N) is 1. The number of rotatable bonds is 4. The summed E-state index contributed by atoms with van der Waals surface area (Å²) in [6.07, 6.45) is 0. The van der Waals surface area contributed by atoms with Gasteiger partial charge in [-0.05, 0) is 36.5 Å². The lowest BCUT2D eigenvalue weighted by Crippen LogP contribution is -2.20. The standard InChI is InChI=1S/C19H23NO/c1-13(2)17-12-8-9-14(3)18(17)20-19(21)15(4)16-10-6-5-7-11-16/h5-13,15H,1-4H3,(H,20,21)/t15-/m0/s1. The molecule has 0 heterocycles. The van der Waals surface area contributed by atoms with Crippen LogP contribution < -0.4 is 5.32 Å². The summed E-state index contributed by atoms with van der Waals surface area (Å²) in [5, 5.41) is 3.12. The highest BCUT2D eigenvalue weighted by Crippen LogP contribution is 2.28. The topological polar surface area (TPSA) is 29.1 Å². The molecule has 0 unspecified atom stereocenters. The van der Waals surface area contributed by atoms with Crippen LogP contribution in [0.2, 0.25) is 0 Å². The van der Waals surface area contributed by atoms with Crippen molar-refractivity contribution in [2.45, 2.75) is 39.5 Å². The van der Waals surface area contributed by atoms with Gasteiger partial charge in [-0.15, -0.1) is 0 Å². The fraction of sp³-hybridized carbons (Fsp3) is 0.316. The highest BCUT2D eigenvalue weighted by molar-refractivity contribution is 5.96. The molecule has 0 aliphatic carbocycles. The Kier molecular flexibility index (Phi) is 4.79. The number of anilines is 1. The van der Waals surface area contributed by atoms with E-state index in [-0.39, 0.29) is 11.8 Å². The van der Waals surface area contributed by atoms with Gasteiger partial charge in [0.2, 0.25) is 5.91 Å². The lowest BCUT2D eigenvalue weighted by molar-refractivity contribution is -0.117. The largest absolute Gasteiger partial charge is 0.325 e. The Labute approximate surface area is 127 Å². The summed E-state index contributed by atoms with van der Waals surface area (Å²) in [6.45, 7) is 8.27. The van der Waals surface area contributed by atoms with E-state index in [0.29, 0.717) is 5.92 Å². The summed E-state index contributed by atoms with van der Waals surface area (Å²) in [5.74, 6) is 0.260. The quantitative estimate of drug-likeness (QED) is 0.852. The zero-order valence-electron chi connectivity index (χ0n) is 13.2. The van der Waals surface area contributed by atoms with Gasteiger partial charge in [-0.3, -0.25) is 4.79 Å². The SMILES string of the molecule is Cc1cccc(C(C)C)c1NC(=O)[C@@H](C)c1ccccc1. The highest BCUT2D eigenvalue weighted by atomic mass is 16.1. The van der Waals surface area contributed by atoms with E-state index in [2.05, 4.69) is 25.2 Å². The third-order valence-corrected chi connectivity index (χ3v) is 3.87. The number of carbonyl (C=O) groups excluding carboxylic acids is 1. The van der Waals surface area contributed by atoms with Gasteiger partial charge in [-0.25, -0.2) is 0 Å². The Balaban J connectivity index is 2.24. The second kappa shape index (κ2) is 6.57. The molecule has 2 aromatic carbocycles. The van der Waals surface area contributed by atoms with Gasteiger partial charge in [-0.2, -0.15) is 0 Å². The zero-order chi connectivity index (χ0) is 15.4. The Morgan fingerprint density at radius 3 is 2.24 bits per heavy atom. The van der Waals surface area contributed by atoms with Gasteiger partial charge in [-0.1, -0.05) is 62.4 Å². The Morgan fingerprint density at radius 1 is 0.952 bits per heavy atom. The number of para-hydroxylation sites is 1. The average molecular weight is 281 g/mol.